The number of rotatable bonds is 5. The van der Waals surface area contributed by atoms with Crippen molar-refractivity contribution in [2.75, 3.05) is 11.9 Å². The first kappa shape index (κ1) is 14.2. The number of halogens is 2. The first-order valence-corrected chi connectivity index (χ1v) is 6.80. The zero-order chi connectivity index (χ0) is 13.8. The molecule has 0 amide bonds. The fourth-order valence-corrected chi connectivity index (χ4v) is 2.00. The van der Waals surface area contributed by atoms with Gasteiger partial charge in [0.1, 0.15) is 0 Å². The Morgan fingerprint density at radius 3 is 2.79 bits per heavy atom. The molecule has 2 aromatic rings. The standard InChI is InChI=1S/C13H15Cl2N3O/c1-8(2)7-16-13-17-12(18-19-13)5-9-3-4-10(14)6-11(9)15/h3-4,6,8H,5,7H2,1-2H3,(H,16,17,18). The minimum absolute atomic E-state index is 0.439. The molecule has 0 atom stereocenters. The van der Waals surface area contributed by atoms with Crippen molar-refractivity contribution in [2.45, 2.75) is 20.3 Å². The van der Waals surface area contributed by atoms with E-state index in [1.807, 2.05) is 6.07 Å². The van der Waals surface area contributed by atoms with Crippen LogP contribution in [0, 0.1) is 5.92 Å². The summed E-state index contributed by atoms with van der Waals surface area (Å²) in [6.45, 7) is 5.01. The quantitative estimate of drug-likeness (QED) is 0.905. The fraction of sp³-hybridized carbons (Fsp3) is 0.385. The summed E-state index contributed by atoms with van der Waals surface area (Å²) < 4.78 is 5.11. The molecule has 1 heterocycles. The van der Waals surface area contributed by atoms with Crippen molar-refractivity contribution in [1.82, 2.24) is 10.1 Å². The van der Waals surface area contributed by atoms with Crippen molar-refractivity contribution in [3.8, 4) is 0 Å². The number of nitrogens with zero attached hydrogens (tertiary/aromatic N) is 2. The van der Waals surface area contributed by atoms with Gasteiger partial charge in [0, 0.05) is 23.0 Å². The molecule has 1 aromatic carbocycles. The van der Waals surface area contributed by atoms with Crippen LogP contribution in [0.25, 0.3) is 0 Å². The lowest BCUT2D eigenvalue weighted by atomic mass is 10.1. The Morgan fingerprint density at radius 2 is 2.11 bits per heavy atom. The molecule has 2 rings (SSSR count). The smallest absolute Gasteiger partial charge is 0.321 e. The third-order valence-corrected chi connectivity index (χ3v) is 3.08. The predicted molar refractivity (Wildman–Crippen MR) is 76.9 cm³/mol. The van der Waals surface area contributed by atoms with Crippen molar-refractivity contribution >= 4 is 29.2 Å². The van der Waals surface area contributed by atoms with E-state index < -0.39 is 0 Å². The van der Waals surface area contributed by atoms with Crippen LogP contribution in [0.15, 0.2) is 22.7 Å². The highest BCUT2D eigenvalue weighted by molar-refractivity contribution is 6.35. The van der Waals surface area contributed by atoms with Crippen molar-refractivity contribution in [3.63, 3.8) is 0 Å². The lowest BCUT2D eigenvalue weighted by Crippen LogP contribution is -2.08. The molecule has 1 N–H and O–H groups in total. The first-order chi connectivity index (χ1) is 9.04. The minimum atomic E-state index is 0.439. The molecule has 0 spiro atoms. The summed E-state index contributed by atoms with van der Waals surface area (Å²) in [5.41, 5.74) is 0.919. The maximum atomic E-state index is 6.10. The summed E-state index contributed by atoms with van der Waals surface area (Å²) in [7, 11) is 0. The van der Waals surface area contributed by atoms with Gasteiger partial charge in [-0.3, -0.25) is 0 Å². The van der Waals surface area contributed by atoms with E-state index in [9.17, 15) is 0 Å². The molecule has 0 fully saturated rings. The molecule has 0 aliphatic heterocycles. The Balaban J connectivity index is 2.03. The Hall–Kier alpha value is -1.26. The summed E-state index contributed by atoms with van der Waals surface area (Å²) >= 11 is 12.0. The van der Waals surface area contributed by atoms with Gasteiger partial charge in [-0.15, -0.1) is 0 Å². The second-order valence-corrected chi connectivity index (χ2v) is 5.55. The Bertz CT molecular complexity index is 555. The zero-order valence-electron chi connectivity index (χ0n) is 10.8. The normalized spacial score (nSPS) is 11.0. The monoisotopic (exact) mass is 299 g/mol. The number of aromatic nitrogens is 2. The van der Waals surface area contributed by atoms with E-state index in [1.54, 1.807) is 12.1 Å². The van der Waals surface area contributed by atoms with Gasteiger partial charge in [-0.05, 0) is 23.6 Å². The van der Waals surface area contributed by atoms with Crippen molar-refractivity contribution in [1.29, 1.82) is 0 Å². The summed E-state index contributed by atoms with van der Waals surface area (Å²) in [6.07, 6.45) is 0.517. The molecule has 0 saturated heterocycles. The summed E-state index contributed by atoms with van der Waals surface area (Å²) in [5.74, 6) is 1.11. The van der Waals surface area contributed by atoms with Gasteiger partial charge in [0.05, 0.1) is 0 Å². The molecule has 102 valence electrons. The van der Waals surface area contributed by atoms with Gasteiger partial charge in [0.25, 0.3) is 0 Å². The number of anilines is 1. The highest BCUT2D eigenvalue weighted by atomic mass is 35.5. The van der Waals surface area contributed by atoms with Crippen LogP contribution in [0.2, 0.25) is 10.0 Å². The Morgan fingerprint density at radius 1 is 1.32 bits per heavy atom. The number of hydrogen-bond acceptors (Lipinski definition) is 4. The van der Waals surface area contributed by atoms with E-state index in [4.69, 9.17) is 27.7 Å². The van der Waals surface area contributed by atoms with E-state index in [0.29, 0.717) is 34.2 Å². The van der Waals surface area contributed by atoms with Crippen LogP contribution in [0.1, 0.15) is 25.2 Å². The van der Waals surface area contributed by atoms with Crippen molar-refractivity contribution < 1.29 is 4.52 Å². The third kappa shape index (κ3) is 4.11. The van der Waals surface area contributed by atoms with Gasteiger partial charge < -0.3 is 9.84 Å². The summed E-state index contributed by atoms with van der Waals surface area (Å²) in [5, 5.41) is 8.21. The number of nitrogens with one attached hydrogen (secondary N) is 1. The fourth-order valence-electron chi connectivity index (χ4n) is 1.52. The molecule has 19 heavy (non-hydrogen) atoms. The van der Waals surface area contributed by atoms with E-state index in [-0.39, 0.29) is 0 Å². The van der Waals surface area contributed by atoms with E-state index in [1.165, 1.54) is 0 Å². The molecule has 0 unspecified atom stereocenters. The maximum absolute atomic E-state index is 6.10. The van der Waals surface area contributed by atoms with Crippen molar-refractivity contribution in [3.05, 3.63) is 39.6 Å². The van der Waals surface area contributed by atoms with Crippen molar-refractivity contribution in [2.24, 2.45) is 5.92 Å². The average Bonchev–Trinajstić information content (AvgIpc) is 2.78. The van der Waals surface area contributed by atoms with Crippen LogP contribution in [0.4, 0.5) is 6.01 Å². The molecule has 0 bridgehead atoms. The van der Waals surface area contributed by atoms with Crippen LogP contribution in [0.3, 0.4) is 0 Å². The third-order valence-electron chi connectivity index (χ3n) is 2.49. The SMILES string of the molecule is CC(C)CNc1nc(Cc2ccc(Cl)cc2Cl)no1. The van der Waals surface area contributed by atoms with E-state index in [0.717, 1.165) is 12.1 Å². The van der Waals surface area contributed by atoms with Gasteiger partial charge in [0.15, 0.2) is 5.82 Å². The summed E-state index contributed by atoms with van der Waals surface area (Å²) in [6, 6.07) is 5.80. The van der Waals surface area contributed by atoms with Gasteiger partial charge in [-0.25, -0.2) is 0 Å². The van der Waals surface area contributed by atoms with Crippen LogP contribution in [0.5, 0.6) is 0 Å². The molecular weight excluding hydrogens is 285 g/mol. The second-order valence-electron chi connectivity index (χ2n) is 4.70. The lowest BCUT2D eigenvalue weighted by Gasteiger charge is -2.02. The lowest BCUT2D eigenvalue weighted by molar-refractivity contribution is 0.421. The minimum Gasteiger partial charge on any atom is -0.338 e. The molecule has 1 aromatic heterocycles. The van der Waals surface area contributed by atoms with E-state index in [2.05, 4.69) is 29.3 Å². The topological polar surface area (TPSA) is 51.0 Å². The van der Waals surface area contributed by atoms with Gasteiger partial charge in [0.2, 0.25) is 0 Å². The Labute approximate surface area is 122 Å². The molecule has 0 saturated carbocycles. The molecule has 0 radical (unpaired) electrons. The molecular formula is C13H15Cl2N3O. The summed E-state index contributed by atoms with van der Waals surface area (Å²) in [4.78, 5) is 4.26. The maximum Gasteiger partial charge on any atom is 0.321 e. The van der Waals surface area contributed by atoms with Crippen LogP contribution in [-0.4, -0.2) is 16.7 Å². The number of benzene rings is 1. The Kier molecular flexibility index (Phi) is 4.66. The van der Waals surface area contributed by atoms with Gasteiger partial charge in [-0.1, -0.05) is 48.3 Å². The van der Waals surface area contributed by atoms with E-state index >= 15 is 0 Å². The molecule has 4 nitrogen and oxygen atoms in total. The van der Waals surface area contributed by atoms with Crippen LogP contribution >= 0.6 is 23.2 Å². The predicted octanol–water partition coefficient (Wildman–Crippen LogP) is 4.04. The van der Waals surface area contributed by atoms with Crippen LogP contribution < -0.4 is 5.32 Å². The largest absolute Gasteiger partial charge is 0.338 e. The molecule has 0 aliphatic carbocycles. The number of hydrogen-bond donors (Lipinski definition) is 1. The molecule has 6 heteroatoms. The molecule has 0 aliphatic rings. The van der Waals surface area contributed by atoms with Gasteiger partial charge in [-0.2, -0.15) is 4.98 Å². The zero-order valence-corrected chi connectivity index (χ0v) is 12.3. The highest BCUT2D eigenvalue weighted by Gasteiger charge is 2.09. The average molecular weight is 300 g/mol. The first-order valence-electron chi connectivity index (χ1n) is 6.05. The highest BCUT2D eigenvalue weighted by Crippen LogP contribution is 2.23. The van der Waals surface area contributed by atoms with Crippen LogP contribution in [-0.2, 0) is 6.42 Å². The van der Waals surface area contributed by atoms with Gasteiger partial charge >= 0.3 is 6.01 Å². The second kappa shape index (κ2) is 6.26.